The first kappa shape index (κ1) is 9.20. The number of rotatable bonds is 0. The van der Waals surface area contributed by atoms with E-state index in [2.05, 4.69) is 30.7 Å². The zero-order valence-electron chi connectivity index (χ0n) is 9.19. The topological polar surface area (TPSA) is 18.5 Å². The minimum Gasteiger partial charge on any atom is -0.350 e. The Morgan fingerprint density at radius 3 is 2.56 bits per heavy atom. The standard InChI is InChI=1S/C14H15O2/c1-2-4-11-6-14(5-10(11)3-1)7-12-9-15-13(8-14)16-12/h1-4,8,12-13H,5-7,9H2/t12-,13+/m0/s1. The van der Waals surface area contributed by atoms with E-state index in [1.807, 2.05) is 0 Å². The van der Waals surface area contributed by atoms with Crippen molar-refractivity contribution in [1.29, 1.82) is 0 Å². The van der Waals surface area contributed by atoms with Crippen LogP contribution in [0.1, 0.15) is 17.5 Å². The molecule has 1 aromatic carbocycles. The minimum absolute atomic E-state index is 0.0481. The van der Waals surface area contributed by atoms with E-state index < -0.39 is 0 Å². The van der Waals surface area contributed by atoms with E-state index in [0.717, 1.165) is 13.0 Å². The summed E-state index contributed by atoms with van der Waals surface area (Å²) in [6.45, 7) is 0.777. The van der Waals surface area contributed by atoms with Gasteiger partial charge in [-0.2, -0.15) is 0 Å². The molecule has 2 nitrogen and oxygen atoms in total. The molecule has 4 rings (SSSR count). The maximum atomic E-state index is 5.71. The Bertz CT molecular complexity index is 387. The van der Waals surface area contributed by atoms with Crippen LogP contribution in [0.3, 0.4) is 0 Å². The fourth-order valence-electron chi connectivity index (χ4n) is 3.46. The molecule has 0 N–H and O–H groups in total. The molecule has 0 unspecified atom stereocenters. The van der Waals surface area contributed by atoms with Gasteiger partial charge in [-0.25, -0.2) is 0 Å². The van der Waals surface area contributed by atoms with Gasteiger partial charge in [-0.1, -0.05) is 24.3 Å². The summed E-state index contributed by atoms with van der Waals surface area (Å²) < 4.78 is 11.3. The highest BCUT2D eigenvalue weighted by Gasteiger charge is 2.48. The van der Waals surface area contributed by atoms with Gasteiger partial charge >= 0.3 is 0 Å². The summed E-state index contributed by atoms with van der Waals surface area (Å²) in [7, 11) is 0. The Hall–Kier alpha value is -0.860. The molecule has 0 aromatic heterocycles. The molecular weight excluding hydrogens is 200 g/mol. The molecule has 2 fully saturated rings. The highest BCUT2D eigenvalue weighted by molar-refractivity contribution is 5.36. The molecule has 2 heterocycles. The van der Waals surface area contributed by atoms with E-state index in [1.54, 1.807) is 0 Å². The maximum absolute atomic E-state index is 5.71. The molecule has 1 spiro atoms. The molecule has 0 amide bonds. The normalized spacial score (nSPS) is 34.2. The van der Waals surface area contributed by atoms with Crippen LogP contribution < -0.4 is 0 Å². The van der Waals surface area contributed by atoms with Crippen LogP contribution in [0.15, 0.2) is 24.3 Å². The van der Waals surface area contributed by atoms with Crippen molar-refractivity contribution in [2.45, 2.75) is 31.7 Å². The molecule has 2 aliphatic heterocycles. The van der Waals surface area contributed by atoms with E-state index in [0.29, 0.717) is 11.5 Å². The van der Waals surface area contributed by atoms with Gasteiger partial charge in [-0.3, -0.25) is 0 Å². The molecule has 2 bridgehead atoms. The van der Waals surface area contributed by atoms with E-state index in [-0.39, 0.29) is 6.29 Å². The summed E-state index contributed by atoms with van der Waals surface area (Å²) in [5, 5.41) is 0. The van der Waals surface area contributed by atoms with Gasteiger partial charge in [0.1, 0.15) is 0 Å². The van der Waals surface area contributed by atoms with Crippen LogP contribution in [0.25, 0.3) is 0 Å². The van der Waals surface area contributed by atoms with Crippen LogP contribution in [0.2, 0.25) is 0 Å². The Morgan fingerprint density at radius 2 is 1.88 bits per heavy atom. The molecule has 16 heavy (non-hydrogen) atoms. The second-order valence-electron chi connectivity index (χ2n) is 5.32. The first-order chi connectivity index (χ1) is 7.83. The van der Waals surface area contributed by atoms with Gasteiger partial charge in [-0.05, 0) is 35.8 Å². The van der Waals surface area contributed by atoms with Gasteiger partial charge in [0.05, 0.1) is 12.7 Å². The third kappa shape index (κ3) is 1.26. The zero-order chi connectivity index (χ0) is 10.6. The lowest BCUT2D eigenvalue weighted by atomic mass is 9.75. The van der Waals surface area contributed by atoms with Crippen molar-refractivity contribution in [3.05, 3.63) is 41.8 Å². The fourth-order valence-corrected chi connectivity index (χ4v) is 3.46. The summed E-state index contributed by atoms with van der Waals surface area (Å²) >= 11 is 0. The molecule has 1 aromatic rings. The second kappa shape index (κ2) is 3.08. The summed E-state index contributed by atoms with van der Waals surface area (Å²) in [6.07, 6.45) is 6.04. The Labute approximate surface area is 95.6 Å². The molecule has 1 aliphatic carbocycles. The van der Waals surface area contributed by atoms with Crippen LogP contribution in [0, 0.1) is 11.8 Å². The Kier molecular flexibility index (Phi) is 1.77. The van der Waals surface area contributed by atoms with Crippen molar-refractivity contribution >= 4 is 0 Å². The monoisotopic (exact) mass is 215 g/mol. The number of benzene rings is 1. The lowest BCUT2D eigenvalue weighted by Crippen LogP contribution is -2.37. The van der Waals surface area contributed by atoms with Crippen molar-refractivity contribution in [3.63, 3.8) is 0 Å². The largest absolute Gasteiger partial charge is 0.350 e. The van der Waals surface area contributed by atoms with E-state index >= 15 is 0 Å². The predicted molar refractivity (Wildman–Crippen MR) is 59.8 cm³/mol. The molecule has 3 aliphatic rings. The number of hydrogen-bond acceptors (Lipinski definition) is 2. The van der Waals surface area contributed by atoms with Crippen molar-refractivity contribution in [3.8, 4) is 0 Å². The third-order valence-corrected chi connectivity index (χ3v) is 4.10. The molecule has 0 saturated carbocycles. The SMILES string of the molecule is [CH]1[C@@H]2OC[C@H](CC13Cc1ccccc1C3)O2. The Morgan fingerprint density at radius 1 is 1.12 bits per heavy atom. The first-order valence-electron chi connectivity index (χ1n) is 6.03. The highest BCUT2D eigenvalue weighted by Crippen LogP contribution is 2.48. The quantitative estimate of drug-likeness (QED) is 0.660. The van der Waals surface area contributed by atoms with Crippen LogP contribution in [-0.4, -0.2) is 19.0 Å². The van der Waals surface area contributed by atoms with Crippen LogP contribution in [0.5, 0.6) is 0 Å². The third-order valence-electron chi connectivity index (χ3n) is 4.10. The summed E-state index contributed by atoms with van der Waals surface area (Å²) in [6, 6.07) is 8.80. The van der Waals surface area contributed by atoms with Crippen molar-refractivity contribution in [2.75, 3.05) is 6.61 Å². The predicted octanol–water partition coefficient (Wildman–Crippen LogP) is 2.12. The number of ether oxygens (including phenoxy) is 2. The molecule has 2 saturated heterocycles. The Balaban J connectivity index is 1.67. The molecule has 2 heteroatoms. The summed E-state index contributed by atoms with van der Waals surface area (Å²) in [5.74, 6) is 0. The van der Waals surface area contributed by atoms with E-state index in [1.165, 1.54) is 24.0 Å². The maximum Gasteiger partial charge on any atom is 0.162 e. The van der Waals surface area contributed by atoms with E-state index in [9.17, 15) is 0 Å². The van der Waals surface area contributed by atoms with Gasteiger partial charge in [0.15, 0.2) is 6.29 Å². The fraction of sp³-hybridized carbons (Fsp3) is 0.500. The van der Waals surface area contributed by atoms with Crippen molar-refractivity contribution < 1.29 is 9.47 Å². The first-order valence-corrected chi connectivity index (χ1v) is 6.03. The molecule has 2 atom stereocenters. The molecule has 1 radical (unpaired) electrons. The lowest BCUT2D eigenvalue weighted by Gasteiger charge is -2.35. The number of fused-ring (bicyclic) bond motifs is 3. The van der Waals surface area contributed by atoms with Gasteiger partial charge in [-0.15, -0.1) is 0 Å². The average molecular weight is 215 g/mol. The minimum atomic E-state index is -0.0481. The second-order valence-corrected chi connectivity index (χ2v) is 5.32. The van der Waals surface area contributed by atoms with Gasteiger partial charge in [0.25, 0.3) is 0 Å². The van der Waals surface area contributed by atoms with Crippen molar-refractivity contribution in [1.82, 2.24) is 0 Å². The van der Waals surface area contributed by atoms with Crippen LogP contribution >= 0.6 is 0 Å². The van der Waals surface area contributed by atoms with Crippen LogP contribution in [-0.2, 0) is 22.3 Å². The average Bonchev–Trinajstić information content (AvgIpc) is 2.78. The van der Waals surface area contributed by atoms with Crippen LogP contribution in [0.4, 0.5) is 0 Å². The van der Waals surface area contributed by atoms with E-state index in [4.69, 9.17) is 9.47 Å². The zero-order valence-corrected chi connectivity index (χ0v) is 9.19. The van der Waals surface area contributed by atoms with Gasteiger partial charge in [0, 0.05) is 6.42 Å². The van der Waals surface area contributed by atoms with Gasteiger partial charge in [0.2, 0.25) is 0 Å². The summed E-state index contributed by atoms with van der Waals surface area (Å²) in [5.41, 5.74) is 3.34. The number of hydrogen-bond donors (Lipinski definition) is 0. The highest BCUT2D eigenvalue weighted by atomic mass is 16.7. The van der Waals surface area contributed by atoms with Crippen molar-refractivity contribution in [2.24, 2.45) is 5.41 Å². The van der Waals surface area contributed by atoms with Gasteiger partial charge < -0.3 is 9.47 Å². The lowest BCUT2D eigenvalue weighted by molar-refractivity contribution is -0.0790. The molecular formula is C14H15O2. The summed E-state index contributed by atoms with van der Waals surface area (Å²) in [4.78, 5) is 0. The smallest absolute Gasteiger partial charge is 0.162 e. The molecule has 83 valence electrons.